The molecular weight excluding hydrogens is 258 g/mol. The summed E-state index contributed by atoms with van der Waals surface area (Å²) in [5.41, 5.74) is 2.73. The summed E-state index contributed by atoms with van der Waals surface area (Å²) in [5.74, 6) is 0.540. The molecule has 0 saturated heterocycles. The minimum Gasteiger partial charge on any atom is -0.313 e. The Kier molecular flexibility index (Phi) is 6.00. The number of aromatic nitrogens is 2. The van der Waals surface area contributed by atoms with E-state index in [1.165, 1.54) is 11.1 Å². The minimum absolute atomic E-state index is 0.460. The van der Waals surface area contributed by atoms with Gasteiger partial charge >= 0.3 is 0 Å². The smallest absolute Gasteiger partial charge is 0.0522 e. The first-order valence-corrected chi connectivity index (χ1v) is 8.00. The molecule has 0 aliphatic carbocycles. The SMILES string of the molecule is CCCNC(Cc1cnn(C)c1)C(CC)c1ccccc1. The highest BCUT2D eigenvalue weighted by Gasteiger charge is 2.21. The van der Waals surface area contributed by atoms with Crippen molar-refractivity contribution in [2.75, 3.05) is 6.54 Å². The maximum atomic E-state index is 4.30. The van der Waals surface area contributed by atoms with Crippen LogP contribution in [0.15, 0.2) is 42.7 Å². The second kappa shape index (κ2) is 7.99. The van der Waals surface area contributed by atoms with Gasteiger partial charge in [0.2, 0.25) is 0 Å². The van der Waals surface area contributed by atoms with E-state index in [-0.39, 0.29) is 0 Å². The Bertz CT molecular complexity index is 518. The molecule has 0 aliphatic heterocycles. The number of nitrogens with zero attached hydrogens (tertiary/aromatic N) is 2. The van der Waals surface area contributed by atoms with Crippen LogP contribution in [-0.2, 0) is 13.5 Å². The summed E-state index contributed by atoms with van der Waals surface area (Å²) in [6.45, 7) is 5.56. The number of hydrogen-bond donors (Lipinski definition) is 1. The molecule has 2 aromatic rings. The molecule has 0 amide bonds. The van der Waals surface area contributed by atoms with E-state index in [1.54, 1.807) is 0 Å². The van der Waals surface area contributed by atoms with Gasteiger partial charge in [-0.3, -0.25) is 4.68 Å². The molecule has 0 spiro atoms. The molecule has 2 unspecified atom stereocenters. The van der Waals surface area contributed by atoms with Crippen molar-refractivity contribution in [1.82, 2.24) is 15.1 Å². The molecule has 0 saturated carbocycles. The van der Waals surface area contributed by atoms with Crippen LogP contribution < -0.4 is 5.32 Å². The van der Waals surface area contributed by atoms with Gasteiger partial charge in [-0.1, -0.05) is 44.2 Å². The van der Waals surface area contributed by atoms with E-state index < -0.39 is 0 Å². The Balaban J connectivity index is 2.16. The zero-order chi connectivity index (χ0) is 15.1. The summed E-state index contributed by atoms with van der Waals surface area (Å²) < 4.78 is 1.88. The third-order valence-corrected chi connectivity index (χ3v) is 4.02. The number of nitrogens with one attached hydrogen (secondary N) is 1. The van der Waals surface area contributed by atoms with Crippen LogP contribution in [0.5, 0.6) is 0 Å². The second-order valence-electron chi connectivity index (χ2n) is 5.71. The summed E-state index contributed by atoms with van der Waals surface area (Å²) in [6, 6.07) is 11.3. The van der Waals surface area contributed by atoms with E-state index in [0.717, 1.165) is 25.8 Å². The van der Waals surface area contributed by atoms with Crippen molar-refractivity contribution >= 4 is 0 Å². The first-order valence-electron chi connectivity index (χ1n) is 8.00. The molecule has 2 rings (SSSR count). The Hall–Kier alpha value is -1.61. The molecule has 3 nitrogen and oxygen atoms in total. The fourth-order valence-corrected chi connectivity index (χ4v) is 2.97. The lowest BCUT2D eigenvalue weighted by atomic mass is 9.86. The normalized spacial score (nSPS) is 14.0. The summed E-state index contributed by atoms with van der Waals surface area (Å²) in [4.78, 5) is 0. The fourth-order valence-electron chi connectivity index (χ4n) is 2.97. The minimum atomic E-state index is 0.460. The standard InChI is InChI=1S/C18H27N3/c1-4-11-19-18(12-15-13-20-21(3)14-15)17(5-2)16-9-7-6-8-10-16/h6-10,13-14,17-19H,4-5,11-12H2,1-3H3. The Morgan fingerprint density at radius 2 is 1.95 bits per heavy atom. The van der Waals surface area contributed by atoms with Crippen LogP contribution >= 0.6 is 0 Å². The molecule has 1 N–H and O–H groups in total. The van der Waals surface area contributed by atoms with Gasteiger partial charge in [0.05, 0.1) is 6.20 Å². The predicted octanol–water partition coefficient (Wildman–Crippen LogP) is 3.52. The van der Waals surface area contributed by atoms with Gasteiger partial charge in [0.15, 0.2) is 0 Å². The van der Waals surface area contributed by atoms with Gasteiger partial charge in [-0.2, -0.15) is 5.10 Å². The summed E-state index contributed by atoms with van der Waals surface area (Å²) in [7, 11) is 1.98. The van der Waals surface area contributed by atoms with E-state index in [0.29, 0.717) is 12.0 Å². The molecule has 3 heteroatoms. The molecule has 1 aromatic carbocycles. The van der Waals surface area contributed by atoms with Gasteiger partial charge in [-0.15, -0.1) is 0 Å². The maximum absolute atomic E-state index is 4.30. The highest BCUT2D eigenvalue weighted by atomic mass is 15.2. The zero-order valence-electron chi connectivity index (χ0n) is 13.4. The molecule has 0 radical (unpaired) electrons. The highest BCUT2D eigenvalue weighted by molar-refractivity contribution is 5.22. The lowest BCUT2D eigenvalue weighted by molar-refractivity contribution is 0.419. The molecule has 0 fully saturated rings. The molecule has 114 valence electrons. The van der Waals surface area contributed by atoms with Crippen molar-refractivity contribution in [3.05, 3.63) is 53.9 Å². The quantitative estimate of drug-likeness (QED) is 0.804. The van der Waals surface area contributed by atoms with Crippen LogP contribution in [0.4, 0.5) is 0 Å². The molecule has 1 heterocycles. The van der Waals surface area contributed by atoms with Crippen molar-refractivity contribution < 1.29 is 0 Å². The number of hydrogen-bond acceptors (Lipinski definition) is 2. The van der Waals surface area contributed by atoms with Gasteiger partial charge in [-0.05, 0) is 42.9 Å². The van der Waals surface area contributed by atoms with Crippen LogP contribution in [-0.4, -0.2) is 22.4 Å². The average Bonchev–Trinajstić information content (AvgIpc) is 2.91. The van der Waals surface area contributed by atoms with Crippen molar-refractivity contribution in [3.8, 4) is 0 Å². The van der Waals surface area contributed by atoms with E-state index in [4.69, 9.17) is 0 Å². The molecule has 2 atom stereocenters. The average molecular weight is 285 g/mol. The number of aryl methyl sites for hydroxylation is 1. The van der Waals surface area contributed by atoms with Gasteiger partial charge in [0.25, 0.3) is 0 Å². The third kappa shape index (κ3) is 4.43. The topological polar surface area (TPSA) is 29.9 Å². The molecule has 1 aromatic heterocycles. The van der Waals surface area contributed by atoms with Gasteiger partial charge < -0.3 is 5.32 Å². The van der Waals surface area contributed by atoms with Gasteiger partial charge in [-0.25, -0.2) is 0 Å². The monoisotopic (exact) mass is 285 g/mol. The number of rotatable bonds is 8. The van der Waals surface area contributed by atoms with E-state index in [1.807, 2.05) is 17.9 Å². The lowest BCUT2D eigenvalue weighted by Gasteiger charge is -2.27. The van der Waals surface area contributed by atoms with Gasteiger partial charge in [0, 0.05) is 19.3 Å². The van der Waals surface area contributed by atoms with Crippen molar-refractivity contribution in [2.45, 2.75) is 45.1 Å². The lowest BCUT2D eigenvalue weighted by Crippen LogP contribution is -2.37. The van der Waals surface area contributed by atoms with Crippen LogP contribution in [0.1, 0.15) is 43.7 Å². The first-order chi connectivity index (χ1) is 10.2. The fraction of sp³-hybridized carbons (Fsp3) is 0.500. The molecule has 21 heavy (non-hydrogen) atoms. The highest BCUT2D eigenvalue weighted by Crippen LogP contribution is 2.25. The summed E-state index contributed by atoms with van der Waals surface area (Å²) in [6.07, 6.45) is 7.44. The molecule has 0 aliphatic rings. The summed E-state index contributed by atoms with van der Waals surface area (Å²) >= 11 is 0. The van der Waals surface area contributed by atoms with Crippen molar-refractivity contribution in [2.24, 2.45) is 7.05 Å². The predicted molar refractivity (Wildman–Crippen MR) is 88.5 cm³/mol. The first kappa shape index (κ1) is 15.8. The zero-order valence-corrected chi connectivity index (χ0v) is 13.4. The van der Waals surface area contributed by atoms with Crippen molar-refractivity contribution in [3.63, 3.8) is 0 Å². The maximum Gasteiger partial charge on any atom is 0.0522 e. The largest absolute Gasteiger partial charge is 0.313 e. The Morgan fingerprint density at radius 1 is 1.19 bits per heavy atom. The van der Waals surface area contributed by atoms with E-state index in [2.05, 4.69) is 60.8 Å². The van der Waals surface area contributed by atoms with E-state index >= 15 is 0 Å². The van der Waals surface area contributed by atoms with Crippen LogP contribution in [0.25, 0.3) is 0 Å². The molecule has 0 bridgehead atoms. The third-order valence-electron chi connectivity index (χ3n) is 4.02. The second-order valence-corrected chi connectivity index (χ2v) is 5.71. The Labute approximate surface area is 128 Å². The van der Waals surface area contributed by atoms with Crippen LogP contribution in [0.3, 0.4) is 0 Å². The molecular formula is C18H27N3. The van der Waals surface area contributed by atoms with Gasteiger partial charge in [0.1, 0.15) is 0 Å². The van der Waals surface area contributed by atoms with Crippen LogP contribution in [0, 0.1) is 0 Å². The van der Waals surface area contributed by atoms with Crippen molar-refractivity contribution in [1.29, 1.82) is 0 Å². The number of benzene rings is 1. The Morgan fingerprint density at radius 3 is 2.52 bits per heavy atom. The van der Waals surface area contributed by atoms with E-state index in [9.17, 15) is 0 Å². The summed E-state index contributed by atoms with van der Waals surface area (Å²) in [5, 5.41) is 8.04. The van der Waals surface area contributed by atoms with Crippen LogP contribution in [0.2, 0.25) is 0 Å².